The molecule has 0 bridgehead atoms. The molecule has 1 heterocycles. The maximum atomic E-state index is 12.0. The summed E-state index contributed by atoms with van der Waals surface area (Å²) in [7, 11) is 1.53. The highest BCUT2D eigenvalue weighted by Crippen LogP contribution is 2.19. The monoisotopic (exact) mass is 270 g/mol. The van der Waals surface area contributed by atoms with Crippen molar-refractivity contribution in [2.75, 3.05) is 6.54 Å². The number of hydrogen-bond acceptors (Lipinski definition) is 2. The third kappa shape index (κ3) is 3.64. The fourth-order valence-electron chi connectivity index (χ4n) is 1.15. The first kappa shape index (κ1) is 13.9. The van der Waals surface area contributed by atoms with E-state index >= 15 is 0 Å². The zero-order chi connectivity index (χ0) is 13.2. The molecule has 4 nitrogen and oxygen atoms in total. The smallest absolute Gasteiger partial charge is 0.382 e. The van der Waals surface area contributed by atoms with E-state index in [-0.39, 0.29) is 5.69 Å². The van der Waals surface area contributed by atoms with E-state index in [2.05, 4.69) is 0 Å². The van der Waals surface area contributed by atoms with Crippen molar-refractivity contribution in [1.82, 2.24) is 9.88 Å². The Morgan fingerprint density at radius 2 is 2.24 bits per heavy atom. The summed E-state index contributed by atoms with van der Waals surface area (Å²) in [5.41, 5.74) is 0.115. The van der Waals surface area contributed by atoms with Gasteiger partial charge in [0.2, 0.25) is 0 Å². The van der Waals surface area contributed by atoms with Crippen LogP contribution in [0.4, 0.5) is 13.2 Å². The van der Waals surface area contributed by atoms with Crippen molar-refractivity contribution in [3.8, 4) is 0 Å². The summed E-state index contributed by atoms with van der Waals surface area (Å²) in [6.45, 7) is -0.898. The van der Waals surface area contributed by atoms with Gasteiger partial charge in [0.1, 0.15) is 5.69 Å². The summed E-state index contributed by atoms with van der Waals surface area (Å²) in [4.78, 5) is 11.4. The first-order valence-electron chi connectivity index (χ1n) is 4.56. The van der Waals surface area contributed by atoms with Gasteiger partial charge in [-0.25, -0.2) is 0 Å². The highest BCUT2D eigenvalue weighted by Gasteiger charge is 2.38. The van der Waals surface area contributed by atoms with Gasteiger partial charge in [0.15, 0.2) is 6.10 Å². The molecule has 0 aliphatic rings. The standard InChI is InChI=1S/C9H10ClF3N2O2/c1-15-4-5(10)2-6(15)8(17)14-3-7(16)9(11,12)13/h2,4,7,16H,3H2,1H3,(H,14,17). The third-order valence-corrected chi connectivity index (χ3v) is 2.24. The number of nitrogens with zero attached hydrogens (tertiary/aromatic N) is 1. The van der Waals surface area contributed by atoms with Crippen molar-refractivity contribution >= 4 is 17.5 Å². The summed E-state index contributed by atoms with van der Waals surface area (Å²) in [5.74, 6) is -0.734. The highest BCUT2D eigenvalue weighted by atomic mass is 35.5. The lowest BCUT2D eigenvalue weighted by Crippen LogP contribution is -2.41. The number of aliphatic hydroxyl groups excluding tert-OH is 1. The van der Waals surface area contributed by atoms with Gasteiger partial charge in [-0.2, -0.15) is 13.2 Å². The molecule has 1 rings (SSSR count). The Kier molecular flexibility index (Phi) is 4.05. The zero-order valence-corrected chi connectivity index (χ0v) is 9.51. The Bertz CT molecular complexity index is 417. The van der Waals surface area contributed by atoms with E-state index in [0.29, 0.717) is 5.02 Å². The van der Waals surface area contributed by atoms with Crippen LogP contribution in [0.25, 0.3) is 0 Å². The molecule has 0 saturated carbocycles. The van der Waals surface area contributed by atoms with Crippen LogP contribution >= 0.6 is 11.6 Å². The van der Waals surface area contributed by atoms with Gasteiger partial charge in [-0.1, -0.05) is 11.6 Å². The van der Waals surface area contributed by atoms with E-state index in [9.17, 15) is 18.0 Å². The fourth-order valence-corrected chi connectivity index (χ4v) is 1.40. The Labute approximate surface area is 100.0 Å². The van der Waals surface area contributed by atoms with Gasteiger partial charge in [0, 0.05) is 13.2 Å². The van der Waals surface area contributed by atoms with E-state index in [1.807, 2.05) is 5.32 Å². The molecule has 1 atom stereocenters. The summed E-state index contributed by atoms with van der Waals surface area (Å²) < 4.78 is 37.2. The number of hydrogen-bond donors (Lipinski definition) is 2. The first-order valence-corrected chi connectivity index (χ1v) is 4.94. The maximum Gasteiger partial charge on any atom is 0.416 e. The molecule has 0 spiro atoms. The fraction of sp³-hybridized carbons (Fsp3) is 0.444. The first-order chi connectivity index (χ1) is 7.71. The maximum absolute atomic E-state index is 12.0. The van der Waals surface area contributed by atoms with Crippen molar-refractivity contribution in [2.24, 2.45) is 7.05 Å². The largest absolute Gasteiger partial charge is 0.416 e. The summed E-state index contributed by atoms with van der Waals surface area (Å²) in [6.07, 6.45) is -5.89. The van der Waals surface area contributed by atoms with Crippen molar-refractivity contribution in [2.45, 2.75) is 12.3 Å². The highest BCUT2D eigenvalue weighted by molar-refractivity contribution is 6.31. The minimum atomic E-state index is -4.75. The molecule has 96 valence electrons. The molecule has 0 aliphatic heterocycles. The Balaban J connectivity index is 2.60. The number of aliphatic hydroxyl groups is 1. The number of nitrogens with one attached hydrogen (secondary N) is 1. The van der Waals surface area contributed by atoms with Crippen molar-refractivity contribution in [3.05, 3.63) is 23.0 Å². The minimum absolute atomic E-state index is 0.115. The zero-order valence-electron chi connectivity index (χ0n) is 8.75. The second kappa shape index (κ2) is 4.97. The van der Waals surface area contributed by atoms with Crippen LogP contribution in [0.1, 0.15) is 10.5 Å². The van der Waals surface area contributed by atoms with E-state index in [1.165, 1.54) is 23.9 Å². The topological polar surface area (TPSA) is 54.3 Å². The van der Waals surface area contributed by atoms with Crippen LogP contribution in [0, 0.1) is 0 Å². The van der Waals surface area contributed by atoms with Crippen molar-refractivity contribution in [3.63, 3.8) is 0 Å². The number of rotatable bonds is 3. The quantitative estimate of drug-likeness (QED) is 0.871. The van der Waals surface area contributed by atoms with Crippen LogP contribution in [-0.4, -0.2) is 34.4 Å². The van der Waals surface area contributed by atoms with Crippen molar-refractivity contribution in [1.29, 1.82) is 0 Å². The number of amides is 1. The summed E-state index contributed by atoms with van der Waals surface area (Å²) >= 11 is 5.61. The van der Waals surface area contributed by atoms with E-state index < -0.39 is 24.7 Å². The predicted octanol–water partition coefficient (Wildman–Crippen LogP) is 1.33. The Morgan fingerprint density at radius 1 is 1.65 bits per heavy atom. The van der Waals surface area contributed by atoms with Crippen LogP contribution in [0.5, 0.6) is 0 Å². The van der Waals surface area contributed by atoms with Crippen LogP contribution < -0.4 is 5.32 Å². The summed E-state index contributed by atoms with van der Waals surface area (Å²) in [5, 5.41) is 11.0. The van der Waals surface area contributed by atoms with Crippen molar-refractivity contribution < 1.29 is 23.1 Å². The van der Waals surface area contributed by atoms with Gasteiger partial charge in [0.25, 0.3) is 5.91 Å². The van der Waals surface area contributed by atoms with Gasteiger partial charge in [-0.05, 0) is 6.07 Å². The van der Waals surface area contributed by atoms with Gasteiger partial charge in [-0.3, -0.25) is 4.79 Å². The number of alkyl halides is 3. The molecular weight excluding hydrogens is 261 g/mol. The SMILES string of the molecule is Cn1cc(Cl)cc1C(=O)NCC(O)C(F)(F)F. The number of aryl methyl sites for hydroxylation is 1. The Hall–Kier alpha value is -1.21. The molecular formula is C9H10ClF3N2O2. The predicted molar refractivity (Wildman–Crippen MR) is 54.8 cm³/mol. The lowest BCUT2D eigenvalue weighted by atomic mass is 10.3. The number of halogens is 4. The van der Waals surface area contributed by atoms with Crippen LogP contribution in [0.3, 0.4) is 0 Å². The minimum Gasteiger partial charge on any atom is -0.382 e. The lowest BCUT2D eigenvalue weighted by Gasteiger charge is -2.15. The van der Waals surface area contributed by atoms with E-state index in [4.69, 9.17) is 16.7 Å². The number of carbonyl (C=O) groups excluding carboxylic acids is 1. The summed E-state index contributed by atoms with van der Waals surface area (Å²) in [6, 6.07) is 1.32. The third-order valence-electron chi connectivity index (χ3n) is 2.04. The molecule has 8 heteroatoms. The molecule has 0 aromatic carbocycles. The molecule has 1 aromatic heterocycles. The molecule has 1 aromatic rings. The molecule has 17 heavy (non-hydrogen) atoms. The van der Waals surface area contributed by atoms with Gasteiger partial charge in [-0.15, -0.1) is 0 Å². The van der Waals surface area contributed by atoms with Crippen LogP contribution in [-0.2, 0) is 7.05 Å². The average molecular weight is 271 g/mol. The number of aromatic nitrogens is 1. The van der Waals surface area contributed by atoms with Crippen LogP contribution in [0.15, 0.2) is 12.3 Å². The Morgan fingerprint density at radius 3 is 2.65 bits per heavy atom. The second-order valence-electron chi connectivity index (χ2n) is 3.42. The lowest BCUT2D eigenvalue weighted by molar-refractivity contribution is -0.201. The van der Waals surface area contributed by atoms with Crippen LogP contribution in [0.2, 0.25) is 5.02 Å². The van der Waals surface area contributed by atoms with Gasteiger partial charge < -0.3 is 15.0 Å². The molecule has 0 aliphatic carbocycles. The number of carbonyl (C=O) groups is 1. The second-order valence-corrected chi connectivity index (χ2v) is 3.86. The van der Waals surface area contributed by atoms with E-state index in [1.54, 1.807) is 0 Å². The average Bonchev–Trinajstić information content (AvgIpc) is 2.52. The van der Waals surface area contributed by atoms with E-state index in [0.717, 1.165) is 0 Å². The van der Waals surface area contributed by atoms with Gasteiger partial charge >= 0.3 is 6.18 Å². The molecule has 1 amide bonds. The molecule has 1 unspecified atom stereocenters. The normalized spacial score (nSPS) is 13.5. The molecule has 0 fully saturated rings. The molecule has 0 saturated heterocycles. The van der Waals surface area contributed by atoms with Gasteiger partial charge in [0.05, 0.1) is 11.6 Å². The molecule has 0 radical (unpaired) electrons. The molecule has 2 N–H and O–H groups in total.